The molecular formula is C41H50ClN5O4. The van der Waals surface area contributed by atoms with E-state index in [4.69, 9.17) is 16.3 Å². The van der Waals surface area contributed by atoms with E-state index in [0.29, 0.717) is 37.6 Å². The van der Waals surface area contributed by atoms with Crippen molar-refractivity contribution in [1.29, 1.82) is 0 Å². The first-order valence-electron chi connectivity index (χ1n) is 18.7. The molecule has 0 unspecified atom stereocenters. The molecule has 2 aliphatic carbocycles. The summed E-state index contributed by atoms with van der Waals surface area (Å²) in [4.78, 5) is 44.3. The van der Waals surface area contributed by atoms with E-state index in [2.05, 4.69) is 39.9 Å². The number of hydrazine groups is 1. The Labute approximate surface area is 306 Å². The molecule has 3 aromatic carbocycles. The van der Waals surface area contributed by atoms with Gasteiger partial charge in [-0.05, 0) is 65.6 Å². The van der Waals surface area contributed by atoms with Crippen molar-refractivity contribution in [1.82, 2.24) is 25.6 Å². The number of carbonyl (C=O) groups excluding carboxylic acids is 3. The van der Waals surface area contributed by atoms with Gasteiger partial charge < -0.3 is 14.5 Å². The van der Waals surface area contributed by atoms with Crippen molar-refractivity contribution in [3.05, 3.63) is 94.5 Å². The first kappa shape index (κ1) is 35.5. The molecule has 1 saturated carbocycles. The molecule has 3 aromatic rings. The van der Waals surface area contributed by atoms with Gasteiger partial charge in [0.15, 0.2) is 0 Å². The maximum atomic E-state index is 13.9. The molecule has 2 saturated heterocycles. The molecule has 7 rings (SSSR count). The molecule has 3 amide bonds. The van der Waals surface area contributed by atoms with Crippen LogP contribution in [-0.4, -0.2) is 89.7 Å². The summed E-state index contributed by atoms with van der Waals surface area (Å²) in [5.41, 5.74) is 8.94. The zero-order valence-electron chi connectivity index (χ0n) is 29.7. The number of fused-ring (bicyclic) bond motifs is 3. The van der Waals surface area contributed by atoms with Gasteiger partial charge in [-0.25, -0.2) is 9.80 Å². The second kappa shape index (κ2) is 15.8. The summed E-state index contributed by atoms with van der Waals surface area (Å²) >= 11 is 6.16. The van der Waals surface area contributed by atoms with Gasteiger partial charge in [0.2, 0.25) is 5.91 Å². The highest BCUT2D eigenvalue weighted by atomic mass is 35.5. The maximum absolute atomic E-state index is 13.9. The van der Waals surface area contributed by atoms with Crippen LogP contribution in [-0.2, 0) is 20.7 Å². The smallest absolute Gasteiger partial charge is 0.409 e. The predicted molar refractivity (Wildman–Crippen MR) is 199 cm³/mol. The summed E-state index contributed by atoms with van der Waals surface area (Å²) < 4.78 is 5.88. The van der Waals surface area contributed by atoms with Crippen molar-refractivity contribution in [2.24, 2.45) is 5.92 Å². The number of amides is 3. The molecule has 10 heteroatoms. The summed E-state index contributed by atoms with van der Waals surface area (Å²) in [6.07, 6.45) is 6.65. The van der Waals surface area contributed by atoms with Crippen LogP contribution in [0.5, 0.6) is 0 Å². The lowest BCUT2D eigenvalue weighted by molar-refractivity contribution is -0.140. The number of carbonyl (C=O) groups is 3. The van der Waals surface area contributed by atoms with Crippen LogP contribution in [0.2, 0.25) is 5.02 Å². The standard InChI is InChI=1S/C41H50ClN5O4/c1-27(2)40(49)47(31-10-4-3-5-11-31)32-20-21-46(25-32)44-39(48)38(22-28-16-18-29(42)19-17-28)43-30-23-45(24-30)41(50)51-26-37-35-14-8-6-12-33(35)34-13-7-9-15-36(34)37/h6-9,12-19,27,30-32,37-38,43H,3-5,10-11,20-26H2,1-2H3,(H,44,48)/t32-,38+/m0/s1. The van der Waals surface area contributed by atoms with Gasteiger partial charge in [0.05, 0.1) is 6.04 Å². The fourth-order valence-electron chi connectivity index (χ4n) is 8.41. The molecule has 2 heterocycles. The van der Waals surface area contributed by atoms with Gasteiger partial charge >= 0.3 is 6.09 Å². The minimum absolute atomic E-state index is 0.00687. The number of rotatable bonds is 11. The number of benzene rings is 3. The number of ether oxygens (including phenoxy) is 1. The Balaban J connectivity index is 0.952. The lowest BCUT2D eigenvalue weighted by Crippen LogP contribution is -2.64. The molecule has 2 N–H and O–H groups in total. The Morgan fingerprint density at radius 1 is 0.843 bits per heavy atom. The first-order chi connectivity index (χ1) is 24.7. The third kappa shape index (κ3) is 7.96. The fraction of sp³-hybridized carbons (Fsp3) is 0.488. The summed E-state index contributed by atoms with van der Waals surface area (Å²) in [6, 6.07) is 24.0. The summed E-state index contributed by atoms with van der Waals surface area (Å²) in [5, 5.41) is 6.16. The molecule has 4 aliphatic rings. The largest absolute Gasteiger partial charge is 0.448 e. The van der Waals surface area contributed by atoms with Crippen molar-refractivity contribution in [3.63, 3.8) is 0 Å². The molecule has 9 nitrogen and oxygen atoms in total. The quantitative estimate of drug-likeness (QED) is 0.239. The second-order valence-electron chi connectivity index (χ2n) is 15.0. The summed E-state index contributed by atoms with van der Waals surface area (Å²) in [6.45, 7) is 6.47. The van der Waals surface area contributed by atoms with Crippen LogP contribution in [0, 0.1) is 5.92 Å². The fourth-order valence-corrected chi connectivity index (χ4v) is 8.53. The highest BCUT2D eigenvalue weighted by molar-refractivity contribution is 6.30. The number of likely N-dealkylation sites (tertiary alicyclic amines) is 1. The Bertz CT molecular complexity index is 1660. The number of nitrogens with zero attached hydrogens (tertiary/aromatic N) is 3. The van der Waals surface area contributed by atoms with E-state index in [1.165, 1.54) is 28.7 Å². The van der Waals surface area contributed by atoms with Crippen LogP contribution in [0.15, 0.2) is 72.8 Å². The average molecular weight is 712 g/mol. The van der Waals surface area contributed by atoms with Crippen molar-refractivity contribution < 1.29 is 19.1 Å². The molecule has 270 valence electrons. The Kier molecular flexibility index (Phi) is 11.0. The molecule has 0 radical (unpaired) electrons. The van der Waals surface area contributed by atoms with Gasteiger partial charge in [0, 0.05) is 61.2 Å². The average Bonchev–Trinajstić information content (AvgIpc) is 3.71. The van der Waals surface area contributed by atoms with Crippen LogP contribution in [0.4, 0.5) is 4.79 Å². The topological polar surface area (TPSA) is 94.2 Å². The van der Waals surface area contributed by atoms with Crippen LogP contribution >= 0.6 is 11.6 Å². The van der Waals surface area contributed by atoms with Gasteiger partial charge in [-0.3, -0.25) is 20.3 Å². The third-order valence-corrected chi connectivity index (χ3v) is 11.4. The monoisotopic (exact) mass is 711 g/mol. The van der Waals surface area contributed by atoms with Gasteiger partial charge in [0.1, 0.15) is 6.61 Å². The lowest BCUT2D eigenvalue weighted by Gasteiger charge is -2.41. The van der Waals surface area contributed by atoms with Gasteiger partial charge in [-0.15, -0.1) is 0 Å². The highest BCUT2D eigenvalue weighted by Gasteiger charge is 2.39. The normalized spacial score (nSPS) is 20.1. The zero-order valence-corrected chi connectivity index (χ0v) is 30.5. The predicted octanol–water partition coefficient (Wildman–Crippen LogP) is 6.40. The highest BCUT2D eigenvalue weighted by Crippen LogP contribution is 2.44. The zero-order chi connectivity index (χ0) is 35.5. The van der Waals surface area contributed by atoms with Crippen molar-refractivity contribution >= 4 is 29.5 Å². The van der Waals surface area contributed by atoms with E-state index in [0.717, 1.165) is 37.7 Å². The van der Waals surface area contributed by atoms with E-state index in [9.17, 15) is 14.4 Å². The van der Waals surface area contributed by atoms with E-state index in [1.54, 1.807) is 4.90 Å². The molecule has 0 aromatic heterocycles. The Hall–Kier alpha value is -3.92. The van der Waals surface area contributed by atoms with E-state index >= 15 is 0 Å². The molecule has 0 bridgehead atoms. The molecule has 2 aliphatic heterocycles. The molecule has 51 heavy (non-hydrogen) atoms. The van der Waals surface area contributed by atoms with Crippen LogP contribution < -0.4 is 10.7 Å². The van der Waals surface area contributed by atoms with Gasteiger partial charge in [-0.1, -0.05) is 105 Å². The van der Waals surface area contributed by atoms with Gasteiger partial charge in [0.25, 0.3) is 5.91 Å². The SMILES string of the molecule is CC(C)C(=O)N(C1CCCCC1)[C@H]1CCN(NC(=O)[C@@H](Cc2ccc(Cl)cc2)NC2CN(C(=O)OCC3c4ccccc4-c4ccccc43)C2)C1. The summed E-state index contributed by atoms with van der Waals surface area (Å²) in [5.74, 6) is 0.0457. The van der Waals surface area contributed by atoms with Crippen LogP contribution in [0.1, 0.15) is 75.0 Å². The van der Waals surface area contributed by atoms with E-state index in [-0.39, 0.29) is 54.5 Å². The Morgan fingerprint density at radius 2 is 1.49 bits per heavy atom. The molecule has 3 fully saturated rings. The Morgan fingerprint density at radius 3 is 2.14 bits per heavy atom. The van der Waals surface area contributed by atoms with Crippen LogP contribution in [0.25, 0.3) is 11.1 Å². The number of nitrogens with one attached hydrogen (secondary N) is 2. The maximum Gasteiger partial charge on any atom is 0.409 e. The number of hydrogen-bond donors (Lipinski definition) is 2. The molecule has 2 atom stereocenters. The number of hydrogen-bond acceptors (Lipinski definition) is 6. The summed E-state index contributed by atoms with van der Waals surface area (Å²) in [7, 11) is 0. The minimum atomic E-state index is -0.522. The first-order valence-corrected chi connectivity index (χ1v) is 19.1. The van der Waals surface area contributed by atoms with Gasteiger partial charge in [-0.2, -0.15) is 0 Å². The molecule has 0 spiro atoms. The van der Waals surface area contributed by atoms with Crippen LogP contribution in [0.3, 0.4) is 0 Å². The van der Waals surface area contributed by atoms with Crippen molar-refractivity contribution in [2.75, 3.05) is 32.8 Å². The molecular weight excluding hydrogens is 662 g/mol. The van der Waals surface area contributed by atoms with E-state index < -0.39 is 6.04 Å². The van der Waals surface area contributed by atoms with E-state index in [1.807, 2.05) is 67.4 Å². The number of halogens is 1. The third-order valence-electron chi connectivity index (χ3n) is 11.1. The lowest BCUT2D eigenvalue weighted by atomic mass is 9.92. The van der Waals surface area contributed by atoms with Crippen molar-refractivity contribution in [2.45, 2.75) is 88.9 Å². The second-order valence-corrected chi connectivity index (χ2v) is 15.4. The van der Waals surface area contributed by atoms with Crippen molar-refractivity contribution in [3.8, 4) is 11.1 Å². The minimum Gasteiger partial charge on any atom is -0.448 e.